The van der Waals surface area contributed by atoms with Gasteiger partial charge in [0.15, 0.2) is 5.96 Å². The second kappa shape index (κ2) is 11.6. The molecule has 0 saturated carbocycles. The van der Waals surface area contributed by atoms with Gasteiger partial charge < -0.3 is 15.5 Å². The van der Waals surface area contributed by atoms with Crippen molar-refractivity contribution < 1.29 is 4.79 Å². The fourth-order valence-corrected chi connectivity index (χ4v) is 3.86. The van der Waals surface area contributed by atoms with Gasteiger partial charge in [0.05, 0.1) is 0 Å². The maximum atomic E-state index is 11.8. The van der Waals surface area contributed by atoms with Gasteiger partial charge in [0.25, 0.3) is 0 Å². The van der Waals surface area contributed by atoms with Crippen molar-refractivity contribution in [3.8, 4) is 0 Å². The van der Waals surface area contributed by atoms with E-state index in [1.165, 1.54) is 37.1 Å². The van der Waals surface area contributed by atoms with Gasteiger partial charge in [-0.25, -0.2) is 0 Å². The van der Waals surface area contributed by atoms with Gasteiger partial charge in [-0.1, -0.05) is 31.2 Å². The number of aliphatic imine (C=N–C) groups is 1. The molecule has 1 aromatic rings. The number of amides is 1. The van der Waals surface area contributed by atoms with E-state index in [0.29, 0.717) is 6.42 Å². The summed E-state index contributed by atoms with van der Waals surface area (Å²) >= 11 is 0. The van der Waals surface area contributed by atoms with Gasteiger partial charge in [0, 0.05) is 45.7 Å². The summed E-state index contributed by atoms with van der Waals surface area (Å²) in [5, 5.41) is 6.83. The molecule has 2 aliphatic rings. The van der Waals surface area contributed by atoms with E-state index in [1.54, 1.807) is 7.05 Å². The van der Waals surface area contributed by atoms with Crippen LogP contribution in [-0.2, 0) is 17.9 Å². The first-order valence-corrected chi connectivity index (χ1v) is 10.2. The SMILES string of the molecule is CCC(=O)N1CCC(NC(=NC)NCc2ccc(CN3CCCC3)cc2)C1.I. The van der Waals surface area contributed by atoms with Crippen molar-refractivity contribution in [2.45, 2.75) is 51.7 Å². The first-order valence-electron chi connectivity index (χ1n) is 10.2. The number of guanidine groups is 1. The Balaban J connectivity index is 0.00000280. The summed E-state index contributed by atoms with van der Waals surface area (Å²) in [6.45, 7) is 7.78. The predicted octanol–water partition coefficient (Wildman–Crippen LogP) is 2.58. The Bertz CT molecular complexity index is 643. The van der Waals surface area contributed by atoms with Gasteiger partial charge >= 0.3 is 0 Å². The number of hydrogen-bond acceptors (Lipinski definition) is 3. The van der Waals surface area contributed by atoms with Crippen LogP contribution in [0.15, 0.2) is 29.3 Å². The number of nitrogens with one attached hydrogen (secondary N) is 2. The number of rotatable bonds is 6. The summed E-state index contributed by atoms with van der Waals surface area (Å²) in [5.74, 6) is 1.03. The molecular weight excluding hydrogens is 465 g/mol. The fourth-order valence-electron chi connectivity index (χ4n) is 3.86. The van der Waals surface area contributed by atoms with Gasteiger partial charge in [-0.05, 0) is 43.5 Å². The Labute approximate surface area is 186 Å². The molecule has 2 saturated heterocycles. The van der Waals surface area contributed by atoms with Gasteiger partial charge in [0.1, 0.15) is 0 Å². The van der Waals surface area contributed by atoms with Crippen LogP contribution in [0, 0.1) is 0 Å². The molecule has 2 N–H and O–H groups in total. The van der Waals surface area contributed by atoms with E-state index >= 15 is 0 Å². The van der Waals surface area contributed by atoms with Crippen LogP contribution in [-0.4, -0.2) is 60.9 Å². The van der Waals surface area contributed by atoms with Crippen LogP contribution < -0.4 is 10.6 Å². The highest BCUT2D eigenvalue weighted by Crippen LogP contribution is 2.13. The lowest BCUT2D eigenvalue weighted by Gasteiger charge is -2.19. The standard InChI is InChI=1S/C21H33N5O.HI/c1-3-20(27)26-13-10-19(16-26)24-21(22-2)23-14-17-6-8-18(9-7-17)15-25-11-4-5-12-25;/h6-9,19H,3-5,10-16H2,1-2H3,(H2,22,23,24);1H. The monoisotopic (exact) mass is 499 g/mol. The van der Waals surface area contributed by atoms with Crippen molar-refractivity contribution in [2.24, 2.45) is 4.99 Å². The van der Waals surface area contributed by atoms with Gasteiger partial charge in [-0.15, -0.1) is 24.0 Å². The maximum Gasteiger partial charge on any atom is 0.222 e. The third-order valence-electron chi connectivity index (χ3n) is 5.50. The molecule has 1 atom stereocenters. The van der Waals surface area contributed by atoms with Crippen molar-refractivity contribution in [1.82, 2.24) is 20.4 Å². The van der Waals surface area contributed by atoms with Crippen molar-refractivity contribution in [3.05, 3.63) is 35.4 Å². The van der Waals surface area contributed by atoms with Crippen LogP contribution in [0.3, 0.4) is 0 Å². The first kappa shape index (κ1) is 22.9. The normalized spacial score (nSPS) is 20.1. The molecule has 156 valence electrons. The Morgan fingerprint density at radius 3 is 2.46 bits per heavy atom. The predicted molar refractivity (Wildman–Crippen MR) is 125 cm³/mol. The molecule has 0 aromatic heterocycles. The van der Waals surface area contributed by atoms with E-state index in [4.69, 9.17) is 0 Å². The van der Waals surface area contributed by atoms with Crippen molar-refractivity contribution in [2.75, 3.05) is 33.2 Å². The topological polar surface area (TPSA) is 60.0 Å². The number of likely N-dealkylation sites (tertiary alicyclic amines) is 2. The van der Waals surface area contributed by atoms with Gasteiger partial charge in [-0.2, -0.15) is 0 Å². The molecule has 2 heterocycles. The van der Waals surface area contributed by atoms with E-state index < -0.39 is 0 Å². The lowest BCUT2D eigenvalue weighted by molar-refractivity contribution is -0.129. The lowest BCUT2D eigenvalue weighted by Crippen LogP contribution is -2.44. The Morgan fingerprint density at radius 1 is 1.14 bits per heavy atom. The largest absolute Gasteiger partial charge is 0.352 e. The molecule has 6 nitrogen and oxygen atoms in total. The van der Waals surface area contributed by atoms with Crippen LogP contribution in [0.2, 0.25) is 0 Å². The number of benzene rings is 1. The molecular formula is C21H34IN5O. The molecule has 0 bridgehead atoms. The average Bonchev–Trinajstić information content (AvgIpc) is 3.37. The van der Waals surface area contributed by atoms with Crippen LogP contribution in [0.1, 0.15) is 43.7 Å². The van der Waals surface area contributed by atoms with E-state index in [-0.39, 0.29) is 35.9 Å². The lowest BCUT2D eigenvalue weighted by atomic mass is 10.1. The minimum Gasteiger partial charge on any atom is -0.352 e. The van der Waals surface area contributed by atoms with Crippen LogP contribution in [0.25, 0.3) is 0 Å². The maximum absolute atomic E-state index is 11.8. The summed E-state index contributed by atoms with van der Waals surface area (Å²) in [6.07, 6.45) is 4.21. The Kier molecular flexibility index (Phi) is 9.50. The smallest absolute Gasteiger partial charge is 0.222 e. The zero-order valence-corrected chi connectivity index (χ0v) is 19.4. The highest BCUT2D eigenvalue weighted by molar-refractivity contribution is 14.0. The molecule has 0 spiro atoms. The van der Waals surface area contributed by atoms with E-state index in [0.717, 1.165) is 38.6 Å². The van der Waals surface area contributed by atoms with E-state index in [9.17, 15) is 4.79 Å². The summed E-state index contributed by atoms with van der Waals surface area (Å²) in [4.78, 5) is 20.6. The van der Waals surface area contributed by atoms with Crippen molar-refractivity contribution in [1.29, 1.82) is 0 Å². The van der Waals surface area contributed by atoms with Crippen LogP contribution in [0.4, 0.5) is 0 Å². The summed E-state index contributed by atoms with van der Waals surface area (Å²) < 4.78 is 0. The Hall–Kier alpha value is -1.35. The zero-order chi connectivity index (χ0) is 19.1. The molecule has 28 heavy (non-hydrogen) atoms. The number of carbonyl (C=O) groups is 1. The third kappa shape index (κ3) is 6.62. The second-order valence-corrected chi connectivity index (χ2v) is 7.55. The molecule has 0 aliphatic carbocycles. The molecule has 1 amide bonds. The second-order valence-electron chi connectivity index (χ2n) is 7.55. The van der Waals surface area contributed by atoms with Gasteiger partial charge in [0.2, 0.25) is 5.91 Å². The highest BCUT2D eigenvalue weighted by Gasteiger charge is 2.25. The molecule has 2 fully saturated rings. The molecule has 0 radical (unpaired) electrons. The van der Waals surface area contributed by atoms with Crippen molar-refractivity contribution >= 4 is 35.8 Å². The summed E-state index contributed by atoms with van der Waals surface area (Å²) in [6, 6.07) is 9.13. The molecule has 1 aromatic carbocycles. The molecule has 3 rings (SSSR count). The quantitative estimate of drug-likeness (QED) is 0.359. The Morgan fingerprint density at radius 2 is 1.82 bits per heavy atom. The summed E-state index contributed by atoms with van der Waals surface area (Å²) in [5.41, 5.74) is 2.63. The molecule has 2 aliphatic heterocycles. The highest BCUT2D eigenvalue weighted by atomic mass is 127. The number of halogens is 1. The van der Waals surface area contributed by atoms with Crippen LogP contribution in [0.5, 0.6) is 0 Å². The third-order valence-corrected chi connectivity index (χ3v) is 5.50. The number of nitrogens with zero attached hydrogens (tertiary/aromatic N) is 3. The minimum atomic E-state index is 0. The van der Waals surface area contributed by atoms with E-state index in [1.807, 2.05) is 11.8 Å². The van der Waals surface area contributed by atoms with E-state index in [2.05, 4.69) is 44.8 Å². The minimum absolute atomic E-state index is 0. The summed E-state index contributed by atoms with van der Waals surface area (Å²) in [7, 11) is 1.79. The first-order chi connectivity index (χ1) is 13.2. The number of hydrogen-bond donors (Lipinski definition) is 2. The molecule has 1 unspecified atom stereocenters. The average molecular weight is 499 g/mol. The molecule has 7 heteroatoms. The van der Waals surface area contributed by atoms with Crippen molar-refractivity contribution in [3.63, 3.8) is 0 Å². The number of carbonyl (C=O) groups excluding carboxylic acids is 1. The zero-order valence-electron chi connectivity index (χ0n) is 17.1. The fraction of sp³-hybridized carbons (Fsp3) is 0.619. The van der Waals surface area contributed by atoms with Gasteiger partial charge in [-0.3, -0.25) is 14.7 Å². The van der Waals surface area contributed by atoms with Crippen LogP contribution >= 0.6 is 24.0 Å².